The Morgan fingerprint density at radius 1 is 1.20 bits per heavy atom. The molecule has 1 atom stereocenters. The van der Waals surface area contributed by atoms with Gasteiger partial charge < -0.3 is 9.15 Å². The molecule has 3 rings (SSSR count). The van der Waals surface area contributed by atoms with Gasteiger partial charge in [-0.25, -0.2) is 4.98 Å². The Hall–Kier alpha value is -2.40. The van der Waals surface area contributed by atoms with E-state index in [1.165, 1.54) is 0 Å². The van der Waals surface area contributed by atoms with Gasteiger partial charge in [0.2, 0.25) is 5.89 Å². The Bertz CT molecular complexity index is 816. The first-order valence-electron chi connectivity index (χ1n) is 8.19. The Kier molecular flexibility index (Phi) is 5.04. The number of oxazole rings is 1. The van der Waals surface area contributed by atoms with Crippen LogP contribution in [0.1, 0.15) is 38.0 Å². The molecule has 2 aromatic heterocycles. The second-order valence-corrected chi connectivity index (χ2v) is 7.77. The molecule has 0 aliphatic carbocycles. The van der Waals surface area contributed by atoms with Crippen LogP contribution in [0.25, 0.3) is 10.8 Å². The van der Waals surface area contributed by atoms with Crippen molar-refractivity contribution in [2.45, 2.75) is 38.7 Å². The fourth-order valence-corrected chi connectivity index (χ4v) is 3.14. The highest BCUT2D eigenvalue weighted by atomic mass is 32.1. The van der Waals surface area contributed by atoms with Gasteiger partial charge in [0.25, 0.3) is 0 Å². The molecule has 4 nitrogen and oxygen atoms in total. The van der Waals surface area contributed by atoms with Crippen LogP contribution in [0.4, 0.5) is 0 Å². The van der Waals surface area contributed by atoms with Crippen LogP contribution >= 0.6 is 11.3 Å². The normalized spacial score (nSPS) is 12.8. The molecule has 0 radical (unpaired) electrons. The van der Waals surface area contributed by atoms with E-state index in [-0.39, 0.29) is 5.97 Å². The van der Waals surface area contributed by atoms with E-state index in [1.807, 2.05) is 68.6 Å². The highest BCUT2D eigenvalue weighted by molar-refractivity contribution is 7.13. The second-order valence-electron chi connectivity index (χ2n) is 6.82. The summed E-state index contributed by atoms with van der Waals surface area (Å²) in [7, 11) is 0. The minimum Gasteiger partial charge on any atom is -0.459 e. The van der Waals surface area contributed by atoms with E-state index in [9.17, 15) is 4.79 Å². The van der Waals surface area contributed by atoms with E-state index in [1.54, 1.807) is 17.5 Å². The third-order valence-corrected chi connectivity index (χ3v) is 4.43. The smallest absolute Gasteiger partial charge is 0.317 e. The molecule has 0 aliphatic rings. The molecule has 5 heteroatoms. The van der Waals surface area contributed by atoms with E-state index < -0.39 is 11.5 Å². The summed E-state index contributed by atoms with van der Waals surface area (Å²) in [6.07, 6.45) is 2.14. The quantitative estimate of drug-likeness (QED) is 0.600. The van der Waals surface area contributed by atoms with Crippen LogP contribution in [0, 0.1) is 0 Å². The maximum atomic E-state index is 12.8. The average molecular weight is 355 g/mol. The van der Waals surface area contributed by atoms with Crippen LogP contribution in [-0.4, -0.2) is 16.6 Å². The maximum Gasteiger partial charge on any atom is 0.317 e. The number of carbonyl (C=O) groups is 1. The monoisotopic (exact) mass is 355 g/mol. The molecule has 0 saturated heterocycles. The van der Waals surface area contributed by atoms with Crippen molar-refractivity contribution in [1.82, 2.24) is 4.98 Å². The van der Waals surface area contributed by atoms with E-state index in [2.05, 4.69) is 4.98 Å². The number of carbonyl (C=O) groups excluding carboxylic acids is 1. The summed E-state index contributed by atoms with van der Waals surface area (Å²) in [5.41, 5.74) is 0.496. The zero-order valence-electron chi connectivity index (χ0n) is 14.6. The maximum absolute atomic E-state index is 12.8. The van der Waals surface area contributed by atoms with Crippen molar-refractivity contribution in [3.8, 4) is 10.8 Å². The van der Waals surface area contributed by atoms with Crippen LogP contribution in [-0.2, 0) is 16.0 Å². The first-order chi connectivity index (χ1) is 11.9. The fraction of sp³-hybridized carbons (Fsp3) is 0.300. The van der Waals surface area contributed by atoms with Crippen molar-refractivity contribution >= 4 is 17.3 Å². The summed E-state index contributed by atoms with van der Waals surface area (Å²) in [4.78, 5) is 18.0. The lowest BCUT2D eigenvalue weighted by Gasteiger charge is -2.23. The molecular weight excluding hydrogens is 334 g/mol. The van der Waals surface area contributed by atoms with Gasteiger partial charge in [0.15, 0.2) is 0 Å². The molecule has 2 heterocycles. The van der Waals surface area contributed by atoms with Crippen molar-refractivity contribution in [3.05, 3.63) is 65.4 Å². The SMILES string of the molecule is CC(C)(C)OC(=O)[C@@H](Cc1ccccc1)c1cnc(-c2cccs2)o1. The fourth-order valence-electron chi connectivity index (χ4n) is 2.48. The molecule has 25 heavy (non-hydrogen) atoms. The topological polar surface area (TPSA) is 52.3 Å². The van der Waals surface area contributed by atoms with Gasteiger partial charge in [-0.2, -0.15) is 0 Å². The Morgan fingerprint density at radius 3 is 2.60 bits per heavy atom. The minimum atomic E-state index is -0.553. The Morgan fingerprint density at radius 2 is 1.96 bits per heavy atom. The number of hydrogen-bond donors (Lipinski definition) is 0. The number of benzene rings is 1. The van der Waals surface area contributed by atoms with Crippen molar-refractivity contribution in [2.75, 3.05) is 0 Å². The zero-order valence-corrected chi connectivity index (χ0v) is 15.4. The predicted molar refractivity (Wildman–Crippen MR) is 98.5 cm³/mol. The standard InChI is InChI=1S/C20H21NO3S/c1-20(2,3)24-19(22)15(12-14-8-5-4-6-9-14)16-13-21-18(23-16)17-10-7-11-25-17/h4-11,13,15H,12H2,1-3H3/t15-/m0/s1. The van der Waals surface area contributed by atoms with Gasteiger partial charge in [0.1, 0.15) is 17.3 Å². The predicted octanol–water partition coefficient (Wildman–Crippen LogP) is 5.07. The van der Waals surface area contributed by atoms with E-state index in [0.717, 1.165) is 10.4 Å². The summed E-state index contributed by atoms with van der Waals surface area (Å²) in [5.74, 6) is 0.237. The number of rotatable bonds is 5. The van der Waals surface area contributed by atoms with Gasteiger partial charge in [-0.3, -0.25) is 4.79 Å². The highest BCUT2D eigenvalue weighted by Crippen LogP contribution is 2.30. The van der Waals surface area contributed by atoms with Gasteiger partial charge >= 0.3 is 5.97 Å². The highest BCUT2D eigenvalue weighted by Gasteiger charge is 2.30. The molecule has 1 aromatic carbocycles. The average Bonchev–Trinajstić information content (AvgIpc) is 3.23. The first-order valence-corrected chi connectivity index (χ1v) is 9.07. The van der Waals surface area contributed by atoms with Crippen LogP contribution < -0.4 is 0 Å². The minimum absolute atomic E-state index is 0.301. The van der Waals surface area contributed by atoms with E-state index in [0.29, 0.717) is 18.1 Å². The molecule has 0 N–H and O–H groups in total. The summed E-state index contributed by atoms with van der Waals surface area (Å²) in [6, 6.07) is 13.7. The van der Waals surface area contributed by atoms with Crippen LogP contribution in [0.3, 0.4) is 0 Å². The molecule has 0 saturated carbocycles. The lowest BCUT2D eigenvalue weighted by molar-refractivity contribution is -0.157. The summed E-state index contributed by atoms with van der Waals surface area (Å²) < 4.78 is 11.5. The number of thiophene rings is 1. The van der Waals surface area contributed by atoms with Crippen molar-refractivity contribution in [2.24, 2.45) is 0 Å². The lowest BCUT2D eigenvalue weighted by atomic mass is 9.97. The Balaban J connectivity index is 1.89. The molecule has 0 fully saturated rings. The van der Waals surface area contributed by atoms with Gasteiger partial charge in [-0.05, 0) is 44.2 Å². The zero-order chi connectivity index (χ0) is 17.9. The van der Waals surface area contributed by atoms with Crippen molar-refractivity contribution < 1.29 is 13.9 Å². The largest absolute Gasteiger partial charge is 0.459 e. The first kappa shape index (κ1) is 17.4. The van der Waals surface area contributed by atoms with E-state index in [4.69, 9.17) is 9.15 Å². The van der Waals surface area contributed by atoms with E-state index >= 15 is 0 Å². The van der Waals surface area contributed by atoms with Gasteiger partial charge in [0.05, 0.1) is 11.1 Å². The molecule has 0 spiro atoms. The van der Waals surface area contributed by atoms with Crippen LogP contribution in [0.15, 0.2) is 58.5 Å². The number of aromatic nitrogens is 1. The van der Waals surface area contributed by atoms with Crippen LogP contribution in [0.5, 0.6) is 0 Å². The molecule has 0 aliphatic heterocycles. The summed E-state index contributed by atoms with van der Waals surface area (Å²) in [5, 5.41) is 1.97. The number of ether oxygens (including phenoxy) is 1. The number of esters is 1. The molecule has 130 valence electrons. The van der Waals surface area contributed by atoms with Gasteiger partial charge in [-0.1, -0.05) is 36.4 Å². The molecular formula is C20H21NO3S. The Labute approximate surface area is 151 Å². The van der Waals surface area contributed by atoms with Crippen molar-refractivity contribution in [3.63, 3.8) is 0 Å². The second kappa shape index (κ2) is 7.23. The van der Waals surface area contributed by atoms with Gasteiger partial charge in [0, 0.05) is 0 Å². The molecule has 3 aromatic rings. The van der Waals surface area contributed by atoms with Crippen molar-refractivity contribution in [1.29, 1.82) is 0 Å². The third-order valence-electron chi connectivity index (χ3n) is 3.57. The molecule has 0 bridgehead atoms. The summed E-state index contributed by atoms with van der Waals surface area (Å²) >= 11 is 1.55. The van der Waals surface area contributed by atoms with Crippen LogP contribution in [0.2, 0.25) is 0 Å². The number of hydrogen-bond acceptors (Lipinski definition) is 5. The lowest BCUT2D eigenvalue weighted by Crippen LogP contribution is -2.28. The number of nitrogens with zero attached hydrogens (tertiary/aromatic N) is 1. The molecule has 0 amide bonds. The summed E-state index contributed by atoms with van der Waals surface area (Å²) in [6.45, 7) is 5.59. The molecule has 0 unspecified atom stereocenters. The third kappa shape index (κ3) is 4.57. The van der Waals surface area contributed by atoms with Gasteiger partial charge in [-0.15, -0.1) is 11.3 Å².